The maximum atomic E-state index is 12.5. The maximum Gasteiger partial charge on any atom is 0.266 e. The number of carbonyl (C=O) groups is 1. The molecule has 1 aromatic heterocycles. The SMILES string of the molecule is COCCCN1CC[C@@H](CNC(=O)c2cccc(-c3cncc(=O)[nH]3)c2)C1. The van der Waals surface area contributed by atoms with Gasteiger partial charge in [0.05, 0.1) is 18.1 Å². The van der Waals surface area contributed by atoms with E-state index in [-0.39, 0.29) is 11.5 Å². The third-order valence-corrected chi connectivity index (χ3v) is 4.83. The lowest BCUT2D eigenvalue weighted by atomic mass is 10.1. The first kappa shape index (κ1) is 19.3. The van der Waals surface area contributed by atoms with Gasteiger partial charge in [-0.3, -0.25) is 14.6 Å². The van der Waals surface area contributed by atoms with Crippen molar-refractivity contribution in [1.82, 2.24) is 20.2 Å². The van der Waals surface area contributed by atoms with Crippen LogP contribution in [0.15, 0.2) is 41.5 Å². The van der Waals surface area contributed by atoms with E-state index < -0.39 is 0 Å². The summed E-state index contributed by atoms with van der Waals surface area (Å²) in [4.78, 5) is 33.0. The van der Waals surface area contributed by atoms with Crippen molar-refractivity contribution in [2.24, 2.45) is 5.92 Å². The van der Waals surface area contributed by atoms with Crippen LogP contribution in [0.5, 0.6) is 0 Å². The number of amides is 1. The van der Waals surface area contributed by atoms with E-state index in [0.29, 0.717) is 23.7 Å². The molecule has 2 aromatic rings. The number of H-pyrrole nitrogens is 1. The van der Waals surface area contributed by atoms with Crippen LogP contribution in [0, 0.1) is 5.92 Å². The number of benzene rings is 1. The number of aromatic amines is 1. The van der Waals surface area contributed by atoms with Crippen molar-refractivity contribution >= 4 is 5.91 Å². The molecule has 144 valence electrons. The van der Waals surface area contributed by atoms with Gasteiger partial charge in [0.2, 0.25) is 0 Å². The molecule has 2 heterocycles. The van der Waals surface area contributed by atoms with Crippen molar-refractivity contribution in [2.75, 3.05) is 39.9 Å². The molecule has 0 saturated carbocycles. The van der Waals surface area contributed by atoms with E-state index in [4.69, 9.17) is 4.74 Å². The summed E-state index contributed by atoms with van der Waals surface area (Å²) < 4.78 is 5.10. The van der Waals surface area contributed by atoms with E-state index in [1.54, 1.807) is 25.4 Å². The van der Waals surface area contributed by atoms with Gasteiger partial charge in [-0.25, -0.2) is 0 Å². The molecule has 0 aliphatic carbocycles. The quantitative estimate of drug-likeness (QED) is 0.688. The van der Waals surface area contributed by atoms with E-state index in [0.717, 1.165) is 44.6 Å². The molecule has 1 saturated heterocycles. The molecule has 1 fully saturated rings. The molecule has 1 aliphatic heterocycles. The third kappa shape index (κ3) is 5.48. The summed E-state index contributed by atoms with van der Waals surface area (Å²) in [5.41, 5.74) is 1.67. The molecular formula is C20H26N4O3. The van der Waals surface area contributed by atoms with Crippen molar-refractivity contribution < 1.29 is 9.53 Å². The average molecular weight is 370 g/mol. The lowest BCUT2D eigenvalue weighted by Crippen LogP contribution is -2.31. The van der Waals surface area contributed by atoms with Gasteiger partial charge in [-0.1, -0.05) is 12.1 Å². The highest BCUT2D eigenvalue weighted by Crippen LogP contribution is 2.18. The summed E-state index contributed by atoms with van der Waals surface area (Å²) in [6.07, 6.45) is 4.94. The minimum atomic E-state index is -0.265. The van der Waals surface area contributed by atoms with Crippen LogP contribution in [0.4, 0.5) is 0 Å². The van der Waals surface area contributed by atoms with Crippen molar-refractivity contribution in [3.8, 4) is 11.3 Å². The minimum Gasteiger partial charge on any atom is -0.385 e. The van der Waals surface area contributed by atoms with Crippen LogP contribution in [0.3, 0.4) is 0 Å². The summed E-state index contributed by atoms with van der Waals surface area (Å²) in [5, 5.41) is 3.04. The molecule has 2 N–H and O–H groups in total. The Morgan fingerprint density at radius 2 is 2.30 bits per heavy atom. The Morgan fingerprint density at radius 3 is 3.11 bits per heavy atom. The standard InChI is InChI=1S/C20H26N4O3/c1-27-9-3-7-24-8-6-15(14-24)11-22-20(26)17-5-2-4-16(10-17)18-12-21-13-19(25)23-18/h2,4-5,10,12-13,15H,3,6-9,11,14H2,1H3,(H,22,26)(H,23,25)/t15-/m0/s1. The van der Waals surface area contributed by atoms with Crippen LogP contribution < -0.4 is 10.9 Å². The third-order valence-electron chi connectivity index (χ3n) is 4.83. The highest BCUT2D eigenvalue weighted by Gasteiger charge is 2.22. The molecule has 3 rings (SSSR count). The van der Waals surface area contributed by atoms with E-state index in [1.807, 2.05) is 12.1 Å². The fraction of sp³-hybridized carbons (Fsp3) is 0.450. The number of hydrogen-bond donors (Lipinski definition) is 2. The second kappa shape index (κ2) is 9.43. The summed E-state index contributed by atoms with van der Waals surface area (Å²) in [6.45, 7) is 4.60. The predicted molar refractivity (Wildman–Crippen MR) is 104 cm³/mol. The fourth-order valence-corrected chi connectivity index (χ4v) is 3.41. The average Bonchev–Trinajstić information content (AvgIpc) is 3.14. The van der Waals surface area contributed by atoms with Crippen molar-refractivity contribution in [2.45, 2.75) is 12.8 Å². The molecule has 0 bridgehead atoms. The van der Waals surface area contributed by atoms with Crippen LogP contribution in [0.2, 0.25) is 0 Å². The Kier molecular flexibility index (Phi) is 6.73. The smallest absolute Gasteiger partial charge is 0.266 e. The van der Waals surface area contributed by atoms with E-state index in [9.17, 15) is 9.59 Å². The van der Waals surface area contributed by atoms with Crippen LogP contribution in [0.25, 0.3) is 11.3 Å². The van der Waals surface area contributed by atoms with E-state index in [1.165, 1.54) is 6.20 Å². The molecule has 0 radical (unpaired) electrons. The van der Waals surface area contributed by atoms with Crippen molar-refractivity contribution in [1.29, 1.82) is 0 Å². The summed E-state index contributed by atoms with van der Waals surface area (Å²) in [6, 6.07) is 7.20. The molecule has 7 heteroatoms. The molecular weight excluding hydrogens is 344 g/mol. The molecule has 7 nitrogen and oxygen atoms in total. The van der Waals surface area contributed by atoms with Crippen LogP contribution in [-0.4, -0.2) is 60.7 Å². The summed E-state index contributed by atoms with van der Waals surface area (Å²) in [5.74, 6) is 0.385. The van der Waals surface area contributed by atoms with Gasteiger partial charge in [-0.05, 0) is 37.4 Å². The Morgan fingerprint density at radius 1 is 1.41 bits per heavy atom. The zero-order valence-corrected chi connectivity index (χ0v) is 15.6. The van der Waals surface area contributed by atoms with Crippen LogP contribution >= 0.6 is 0 Å². The first-order valence-corrected chi connectivity index (χ1v) is 9.30. The molecule has 0 unspecified atom stereocenters. The molecule has 1 aliphatic rings. The lowest BCUT2D eigenvalue weighted by molar-refractivity contribution is 0.0947. The Balaban J connectivity index is 1.53. The molecule has 1 amide bonds. The monoisotopic (exact) mass is 370 g/mol. The number of rotatable bonds is 8. The van der Waals surface area contributed by atoms with Gasteiger partial charge in [0.15, 0.2) is 0 Å². The van der Waals surface area contributed by atoms with Gasteiger partial charge in [-0.2, -0.15) is 0 Å². The normalized spacial score (nSPS) is 17.1. The van der Waals surface area contributed by atoms with Crippen LogP contribution in [0.1, 0.15) is 23.2 Å². The highest BCUT2D eigenvalue weighted by atomic mass is 16.5. The maximum absolute atomic E-state index is 12.5. The number of methoxy groups -OCH3 is 1. The molecule has 1 aromatic carbocycles. The number of nitrogens with one attached hydrogen (secondary N) is 2. The number of aromatic nitrogens is 2. The zero-order valence-electron chi connectivity index (χ0n) is 15.6. The summed E-state index contributed by atoms with van der Waals surface area (Å²) >= 11 is 0. The Labute approximate surface area is 158 Å². The predicted octanol–water partition coefficient (Wildman–Crippen LogP) is 1.53. The number of nitrogens with zero attached hydrogens (tertiary/aromatic N) is 2. The fourth-order valence-electron chi connectivity index (χ4n) is 3.41. The highest BCUT2D eigenvalue weighted by molar-refractivity contribution is 5.95. The Bertz CT molecular complexity index is 821. The van der Waals surface area contributed by atoms with Gasteiger partial charge < -0.3 is 19.9 Å². The molecule has 27 heavy (non-hydrogen) atoms. The number of likely N-dealkylation sites (tertiary alicyclic amines) is 1. The van der Waals surface area contributed by atoms with Crippen molar-refractivity contribution in [3.05, 3.63) is 52.6 Å². The number of hydrogen-bond acceptors (Lipinski definition) is 5. The van der Waals surface area contributed by atoms with E-state index in [2.05, 4.69) is 20.2 Å². The number of ether oxygens (including phenoxy) is 1. The first-order chi connectivity index (χ1) is 13.2. The van der Waals surface area contributed by atoms with Gasteiger partial charge in [0.1, 0.15) is 0 Å². The van der Waals surface area contributed by atoms with Gasteiger partial charge >= 0.3 is 0 Å². The number of carbonyl (C=O) groups excluding carboxylic acids is 1. The second-order valence-electron chi connectivity index (χ2n) is 6.90. The Hall–Kier alpha value is -2.51. The van der Waals surface area contributed by atoms with Gasteiger partial charge in [0.25, 0.3) is 11.5 Å². The van der Waals surface area contributed by atoms with Gasteiger partial charge in [0, 0.05) is 44.5 Å². The molecule has 1 atom stereocenters. The lowest BCUT2D eigenvalue weighted by Gasteiger charge is -2.16. The molecule has 0 spiro atoms. The largest absolute Gasteiger partial charge is 0.385 e. The van der Waals surface area contributed by atoms with Gasteiger partial charge in [-0.15, -0.1) is 0 Å². The first-order valence-electron chi connectivity index (χ1n) is 9.30. The van der Waals surface area contributed by atoms with E-state index >= 15 is 0 Å². The second-order valence-corrected chi connectivity index (χ2v) is 6.90. The van der Waals surface area contributed by atoms with Crippen molar-refractivity contribution in [3.63, 3.8) is 0 Å². The van der Waals surface area contributed by atoms with Crippen LogP contribution in [-0.2, 0) is 4.74 Å². The zero-order chi connectivity index (χ0) is 19.1. The summed E-state index contributed by atoms with van der Waals surface area (Å²) in [7, 11) is 1.73. The topological polar surface area (TPSA) is 87.3 Å². The minimum absolute atomic E-state index is 0.0964.